The number of nitrogens with zero attached hydrogens (tertiary/aromatic N) is 4. The van der Waals surface area contributed by atoms with Crippen LogP contribution in [-0.2, 0) is 6.42 Å². The monoisotopic (exact) mass is 446 g/mol. The first-order chi connectivity index (χ1) is 16.1. The second-order valence-electron chi connectivity index (χ2n) is 7.49. The lowest BCUT2D eigenvalue weighted by Gasteiger charge is -2.12. The van der Waals surface area contributed by atoms with Crippen molar-refractivity contribution < 1.29 is 14.3 Å². The predicted octanol–water partition coefficient (Wildman–Crippen LogP) is 3.49. The molecule has 1 amide bonds. The number of fused-ring (bicyclic) bond motifs is 1. The van der Waals surface area contributed by atoms with E-state index in [0.29, 0.717) is 41.6 Å². The molecular weight excluding hydrogens is 420 g/mol. The van der Waals surface area contributed by atoms with Crippen LogP contribution in [0.25, 0.3) is 22.2 Å². The first kappa shape index (κ1) is 22.2. The van der Waals surface area contributed by atoms with Gasteiger partial charge in [0.2, 0.25) is 5.88 Å². The minimum Gasteiger partial charge on any atom is -0.493 e. The van der Waals surface area contributed by atoms with Crippen molar-refractivity contribution in [2.75, 3.05) is 20.3 Å². The first-order valence-corrected chi connectivity index (χ1v) is 10.8. The summed E-state index contributed by atoms with van der Waals surface area (Å²) in [5, 5.41) is 14.4. The molecule has 3 heterocycles. The average Bonchev–Trinajstić information content (AvgIpc) is 3.25. The molecule has 0 saturated carbocycles. The van der Waals surface area contributed by atoms with E-state index in [4.69, 9.17) is 14.5 Å². The van der Waals surface area contributed by atoms with E-state index in [9.17, 15) is 4.79 Å². The molecule has 1 aromatic carbocycles. The lowest BCUT2D eigenvalue weighted by Crippen LogP contribution is -2.24. The Morgan fingerprint density at radius 3 is 2.82 bits per heavy atom. The minimum absolute atomic E-state index is 0.146. The molecular formula is C24H26N6O3. The zero-order valence-corrected chi connectivity index (χ0v) is 18.9. The van der Waals surface area contributed by atoms with E-state index in [2.05, 4.69) is 25.7 Å². The predicted molar refractivity (Wildman–Crippen MR) is 124 cm³/mol. The van der Waals surface area contributed by atoms with Crippen molar-refractivity contribution in [3.63, 3.8) is 0 Å². The van der Waals surface area contributed by atoms with Gasteiger partial charge in [0.05, 0.1) is 36.3 Å². The van der Waals surface area contributed by atoms with Crippen molar-refractivity contribution in [2.45, 2.75) is 26.7 Å². The lowest BCUT2D eigenvalue weighted by molar-refractivity contribution is 0.0953. The Kier molecular flexibility index (Phi) is 6.77. The van der Waals surface area contributed by atoms with E-state index >= 15 is 0 Å². The highest BCUT2D eigenvalue weighted by Gasteiger charge is 2.13. The molecule has 0 spiro atoms. The highest BCUT2D eigenvalue weighted by atomic mass is 16.5. The van der Waals surface area contributed by atoms with Crippen LogP contribution in [0.1, 0.15) is 35.1 Å². The van der Waals surface area contributed by atoms with E-state index in [0.717, 1.165) is 35.2 Å². The molecule has 0 aliphatic rings. The number of hydrogen-bond donors (Lipinski definition) is 2. The van der Waals surface area contributed by atoms with Gasteiger partial charge in [-0.3, -0.25) is 9.89 Å². The molecule has 33 heavy (non-hydrogen) atoms. The number of H-pyrrole nitrogens is 1. The fourth-order valence-corrected chi connectivity index (χ4v) is 3.55. The van der Waals surface area contributed by atoms with Crippen LogP contribution in [-0.4, -0.2) is 51.5 Å². The summed E-state index contributed by atoms with van der Waals surface area (Å²) in [6.07, 6.45) is 3.23. The Labute approximate surface area is 191 Å². The molecule has 4 aromatic rings. The summed E-state index contributed by atoms with van der Waals surface area (Å²) in [7, 11) is 1.57. The van der Waals surface area contributed by atoms with Crippen molar-refractivity contribution in [1.29, 1.82) is 0 Å². The molecule has 4 rings (SSSR count). The van der Waals surface area contributed by atoms with Gasteiger partial charge >= 0.3 is 0 Å². The molecule has 0 radical (unpaired) electrons. The van der Waals surface area contributed by atoms with E-state index in [1.807, 2.05) is 38.1 Å². The van der Waals surface area contributed by atoms with E-state index in [1.165, 1.54) is 0 Å². The zero-order chi connectivity index (χ0) is 23.2. The number of methoxy groups -OCH3 is 1. The third kappa shape index (κ3) is 5.08. The Morgan fingerprint density at radius 2 is 2.06 bits per heavy atom. The molecule has 0 aliphatic carbocycles. The van der Waals surface area contributed by atoms with Gasteiger partial charge in [-0.25, -0.2) is 9.97 Å². The fourth-order valence-electron chi connectivity index (χ4n) is 3.55. The zero-order valence-electron chi connectivity index (χ0n) is 18.9. The Hall–Kier alpha value is -4.01. The van der Waals surface area contributed by atoms with Crippen LogP contribution in [0.2, 0.25) is 0 Å². The van der Waals surface area contributed by atoms with Gasteiger partial charge in [-0.05, 0) is 51.0 Å². The summed E-state index contributed by atoms with van der Waals surface area (Å²) < 4.78 is 11.1. The van der Waals surface area contributed by atoms with Crippen molar-refractivity contribution >= 4 is 16.8 Å². The molecule has 2 N–H and O–H groups in total. The fraction of sp³-hybridized carbons (Fsp3) is 0.292. The summed E-state index contributed by atoms with van der Waals surface area (Å²) in [4.78, 5) is 21.7. The van der Waals surface area contributed by atoms with Gasteiger partial charge in [-0.1, -0.05) is 5.21 Å². The third-order valence-corrected chi connectivity index (χ3v) is 5.28. The second kappa shape index (κ2) is 10.1. The van der Waals surface area contributed by atoms with Gasteiger partial charge in [0.1, 0.15) is 5.75 Å². The summed E-state index contributed by atoms with van der Waals surface area (Å²) in [5.41, 5.74) is 4.66. The molecule has 0 saturated heterocycles. The molecule has 3 aromatic heterocycles. The van der Waals surface area contributed by atoms with Crippen LogP contribution in [0.15, 0.2) is 42.6 Å². The SMILES string of the molecule is CCOc1cc(-c2ccnc(OC)c2)nc2cc(C(=O)NCCCc3[nH]nnc3C)ccc12. The molecule has 0 atom stereocenters. The molecule has 0 fully saturated rings. The van der Waals surface area contributed by atoms with Crippen LogP contribution in [0.4, 0.5) is 0 Å². The number of aryl methyl sites for hydroxylation is 2. The maximum absolute atomic E-state index is 12.7. The number of nitrogens with one attached hydrogen (secondary N) is 2. The van der Waals surface area contributed by atoms with E-state index in [-0.39, 0.29) is 5.91 Å². The third-order valence-electron chi connectivity index (χ3n) is 5.28. The topological polar surface area (TPSA) is 115 Å². The number of rotatable bonds is 9. The molecule has 0 unspecified atom stereocenters. The largest absolute Gasteiger partial charge is 0.493 e. The Bertz CT molecular complexity index is 1270. The highest BCUT2D eigenvalue weighted by molar-refractivity contribution is 5.99. The number of carbonyl (C=O) groups excluding carboxylic acids is 1. The second-order valence-corrected chi connectivity index (χ2v) is 7.49. The normalized spacial score (nSPS) is 10.9. The molecule has 9 heteroatoms. The maximum atomic E-state index is 12.7. The minimum atomic E-state index is -0.146. The Morgan fingerprint density at radius 1 is 1.18 bits per heavy atom. The van der Waals surface area contributed by atoms with E-state index < -0.39 is 0 Å². The smallest absolute Gasteiger partial charge is 0.251 e. The van der Waals surface area contributed by atoms with E-state index in [1.54, 1.807) is 25.4 Å². The number of aromatic nitrogens is 5. The van der Waals surface area contributed by atoms with Crippen molar-refractivity contribution in [1.82, 2.24) is 30.7 Å². The summed E-state index contributed by atoms with van der Waals surface area (Å²) >= 11 is 0. The lowest BCUT2D eigenvalue weighted by atomic mass is 10.1. The number of amides is 1. The van der Waals surface area contributed by atoms with Crippen LogP contribution in [0, 0.1) is 6.92 Å². The Balaban J connectivity index is 1.55. The summed E-state index contributed by atoms with van der Waals surface area (Å²) in [5.74, 6) is 1.07. The maximum Gasteiger partial charge on any atom is 0.251 e. The van der Waals surface area contributed by atoms with Crippen LogP contribution >= 0.6 is 0 Å². The van der Waals surface area contributed by atoms with Crippen molar-refractivity contribution in [2.24, 2.45) is 0 Å². The van der Waals surface area contributed by atoms with Gasteiger partial charge in [0.15, 0.2) is 0 Å². The standard InChI is InChI=1S/C24H26N6O3/c1-4-33-22-14-20(16-9-11-25-23(13-16)32-3)27-21-12-17(7-8-18(21)22)24(31)26-10-5-6-19-15(2)28-30-29-19/h7-9,11-14H,4-6,10H2,1-3H3,(H,26,31)(H,28,29,30). The molecule has 170 valence electrons. The number of pyridine rings is 2. The van der Waals surface area contributed by atoms with Crippen LogP contribution in [0.3, 0.4) is 0 Å². The number of carbonyl (C=O) groups is 1. The van der Waals surface area contributed by atoms with Crippen molar-refractivity contribution in [3.8, 4) is 22.9 Å². The van der Waals surface area contributed by atoms with Gasteiger partial charge in [0.25, 0.3) is 5.91 Å². The quantitative estimate of drug-likeness (QED) is 0.378. The molecule has 0 aliphatic heterocycles. The number of aromatic amines is 1. The summed E-state index contributed by atoms with van der Waals surface area (Å²) in [6.45, 7) is 4.91. The van der Waals surface area contributed by atoms with Crippen LogP contribution in [0.5, 0.6) is 11.6 Å². The van der Waals surface area contributed by atoms with Gasteiger partial charge in [-0.15, -0.1) is 5.10 Å². The number of benzene rings is 1. The summed E-state index contributed by atoms with van der Waals surface area (Å²) in [6, 6.07) is 11.0. The number of ether oxygens (including phenoxy) is 2. The average molecular weight is 447 g/mol. The number of hydrogen-bond acceptors (Lipinski definition) is 7. The molecule has 0 bridgehead atoms. The van der Waals surface area contributed by atoms with Gasteiger partial charge in [0, 0.05) is 41.4 Å². The first-order valence-electron chi connectivity index (χ1n) is 10.8. The van der Waals surface area contributed by atoms with Crippen LogP contribution < -0.4 is 14.8 Å². The van der Waals surface area contributed by atoms with Gasteiger partial charge in [-0.2, -0.15) is 0 Å². The molecule has 9 nitrogen and oxygen atoms in total. The van der Waals surface area contributed by atoms with Crippen molar-refractivity contribution in [3.05, 3.63) is 59.5 Å². The van der Waals surface area contributed by atoms with Gasteiger partial charge < -0.3 is 14.8 Å². The highest BCUT2D eigenvalue weighted by Crippen LogP contribution is 2.31.